The number of carbonyl (C=O) groups is 1. The molecule has 0 saturated carbocycles. The van der Waals surface area contributed by atoms with E-state index in [0.717, 1.165) is 17.6 Å². The largest absolute Gasteiger partial charge is 0.497 e. The van der Waals surface area contributed by atoms with E-state index in [1.54, 1.807) is 25.3 Å². The molecule has 7 nitrogen and oxygen atoms in total. The SMILES string of the molecule is CCOc1cc(C=O)ccc1OCc1nnc(-c2ccc(OC)cc2)o1. The normalized spacial score (nSPS) is 10.4. The summed E-state index contributed by atoms with van der Waals surface area (Å²) in [7, 11) is 1.61. The van der Waals surface area contributed by atoms with Gasteiger partial charge in [-0.25, -0.2) is 0 Å². The minimum absolute atomic E-state index is 0.0870. The van der Waals surface area contributed by atoms with Crippen LogP contribution in [0.15, 0.2) is 46.9 Å². The van der Waals surface area contributed by atoms with Gasteiger partial charge in [-0.2, -0.15) is 0 Å². The number of benzene rings is 2. The number of hydrogen-bond acceptors (Lipinski definition) is 7. The van der Waals surface area contributed by atoms with Crippen LogP contribution in [0, 0.1) is 0 Å². The van der Waals surface area contributed by atoms with Crippen molar-refractivity contribution in [3.63, 3.8) is 0 Å². The van der Waals surface area contributed by atoms with Crippen molar-refractivity contribution in [2.24, 2.45) is 0 Å². The molecule has 0 N–H and O–H groups in total. The summed E-state index contributed by atoms with van der Waals surface area (Å²) >= 11 is 0. The predicted octanol–water partition coefficient (Wildman–Crippen LogP) is 3.54. The summed E-state index contributed by atoms with van der Waals surface area (Å²) in [6.45, 7) is 2.40. The van der Waals surface area contributed by atoms with Gasteiger partial charge < -0.3 is 18.6 Å². The van der Waals surface area contributed by atoms with Crippen molar-refractivity contribution in [2.45, 2.75) is 13.5 Å². The lowest BCUT2D eigenvalue weighted by atomic mass is 10.2. The molecule has 26 heavy (non-hydrogen) atoms. The first-order chi connectivity index (χ1) is 12.7. The van der Waals surface area contributed by atoms with Gasteiger partial charge in [-0.15, -0.1) is 10.2 Å². The maximum Gasteiger partial charge on any atom is 0.254 e. The number of ether oxygens (including phenoxy) is 3. The number of nitrogens with zero attached hydrogens (tertiary/aromatic N) is 2. The Hall–Kier alpha value is -3.35. The van der Waals surface area contributed by atoms with Crippen LogP contribution < -0.4 is 14.2 Å². The summed E-state index contributed by atoms with van der Waals surface area (Å²) in [5.41, 5.74) is 1.30. The van der Waals surface area contributed by atoms with Gasteiger partial charge in [-0.3, -0.25) is 4.79 Å². The van der Waals surface area contributed by atoms with E-state index >= 15 is 0 Å². The molecule has 0 unspecified atom stereocenters. The number of hydrogen-bond donors (Lipinski definition) is 0. The smallest absolute Gasteiger partial charge is 0.254 e. The lowest BCUT2D eigenvalue weighted by Gasteiger charge is -2.10. The lowest BCUT2D eigenvalue weighted by Crippen LogP contribution is -2.00. The molecule has 0 spiro atoms. The van der Waals surface area contributed by atoms with E-state index < -0.39 is 0 Å². The van der Waals surface area contributed by atoms with Crippen LogP contribution in [0.25, 0.3) is 11.5 Å². The Morgan fingerprint density at radius 2 is 1.85 bits per heavy atom. The second-order valence-electron chi connectivity index (χ2n) is 5.28. The molecule has 0 aliphatic heterocycles. The maximum atomic E-state index is 10.9. The van der Waals surface area contributed by atoms with E-state index in [4.69, 9.17) is 18.6 Å². The highest BCUT2D eigenvalue weighted by atomic mass is 16.5. The van der Waals surface area contributed by atoms with Gasteiger partial charge in [0.25, 0.3) is 5.89 Å². The minimum Gasteiger partial charge on any atom is -0.497 e. The van der Waals surface area contributed by atoms with E-state index in [0.29, 0.717) is 35.5 Å². The van der Waals surface area contributed by atoms with E-state index in [1.807, 2.05) is 31.2 Å². The zero-order valence-electron chi connectivity index (χ0n) is 14.5. The third kappa shape index (κ3) is 4.00. The Kier molecular flexibility index (Phi) is 5.48. The second-order valence-corrected chi connectivity index (χ2v) is 5.28. The zero-order valence-corrected chi connectivity index (χ0v) is 14.5. The van der Waals surface area contributed by atoms with Crippen LogP contribution in [0.2, 0.25) is 0 Å². The van der Waals surface area contributed by atoms with Crippen molar-refractivity contribution in [1.82, 2.24) is 10.2 Å². The second kappa shape index (κ2) is 8.15. The van der Waals surface area contributed by atoms with Gasteiger partial charge in [0.1, 0.15) is 12.0 Å². The molecule has 0 aliphatic carbocycles. The number of methoxy groups -OCH3 is 1. The highest BCUT2D eigenvalue weighted by Crippen LogP contribution is 2.29. The van der Waals surface area contributed by atoms with Gasteiger partial charge in [-0.05, 0) is 49.4 Å². The van der Waals surface area contributed by atoms with Gasteiger partial charge in [0.2, 0.25) is 5.89 Å². The fourth-order valence-electron chi connectivity index (χ4n) is 2.29. The van der Waals surface area contributed by atoms with Crippen molar-refractivity contribution in [3.05, 3.63) is 53.9 Å². The minimum atomic E-state index is 0.0870. The summed E-state index contributed by atoms with van der Waals surface area (Å²) in [4.78, 5) is 10.9. The summed E-state index contributed by atoms with van der Waals surface area (Å²) in [6, 6.07) is 12.3. The number of carbonyl (C=O) groups excluding carboxylic acids is 1. The Balaban J connectivity index is 1.70. The Morgan fingerprint density at radius 1 is 1.04 bits per heavy atom. The van der Waals surface area contributed by atoms with Gasteiger partial charge in [0, 0.05) is 11.1 Å². The van der Waals surface area contributed by atoms with Gasteiger partial charge in [0.15, 0.2) is 18.1 Å². The van der Waals surface area contributed by atoms with Crippen molar-refractivity contribution in [3.8, 4) is 28.7 Å². The molecule has 0 amide bonds. The molecule has 0 aliphatic rings. The molecule has 2 aromatic carbocycles. The quantitative estimate of drug-likeness (QED) is 0.572. The Morgan fingerprint density at radius 3 is 2.54 bits per heavy atom. The summed E-state index contributed by atoms with van der Waals surface area (Å²) < 4.78 is 22.0. The molecule has 134 valence electrons. The zero-order chi connectivity index (χ0) is 18.4. The molecule has 0 saturated heterocycles. The van der Waals surface area contributed by atoms with Crippen LogP contribution in [0.3, 0.4) is 0 Å². The predicted molar refractivity (Wildman–Crippen MR) is 93.6 cm³/mol. The highest BCUT2D eigenvalue weighted by Gasteiger charge is 2.12. The van der Waals surface area contributed by atoms with E-state index in [-0.39, 0.29) is 6.61 Å². The van der Waals surface area contributed by atoms with E-state index in [1.165, 1.54) is 0 Å². The van der Waals surface area contributed by atoms with Crippen LogP contribution in [0.1, 0.15) is 23.2 Å². The Bertz CT molecular complexity index is 874. The van der Waals surface area contributed by atoms with Crippen molar-refractivity contribution in [1.29, 1.82) is 0 Å². The molecule has 3 rings (SSSR count). The van der Waals surface area contributed by atoms with Crippen molar-refractivity contribution in [2.75, 3.05) is 13.7 Å². The van der Waals surface area contributed by atoms with Crippen LogP contribution in [-0.4, -0.2) is 30.2 Å². The molecule has 0 fully saturated rings. The van der Waals surface area contributed by atoms with Gasteiger partial charge in [-0.1, -0.05) is 0 Å². The fraction of sp³-hybridized carbons (Fsp3) is 0.211. The first-order valence-corrected chi connectivity index (χ1v) is 8.05. The third-order valence-corrected chi connectivity index (χ3v) is 3.56. The summed E-state index contributed by atoms with van der Waals surface area (Å²) in [5, 5.41) is 8.01. The number of aromatic nitrogens is 2. The van der Waals surface area contributed by atoms with Crippen LogP contribution in [-0.2, 0) is 6.61 Å². The highest BCUT2D eigenvalue weighted by molar-refractivity contribution is 5.76. The van der Waals surface area contributed by atoms with Gasteiger partial charge >= 0.3 is 0 Å². The Labute approximate surface area is 150 Å². The lowest BCUT2D eigenvalue weighted by molar-refractivity contribution is 0.112. The molecule has 1 heterocycles. The molecular weight excluding hydrogens is 336 g/mol. The van der Waals surface area contributed by atoms with Crippen molar-refractivity contribution >= 4 is 6.29 Å². The monoisotopic (exact) mass is 354 g/mol. The first-order valence-electron chi connectivity index (χ1n) is 8.05. The van der Waals surface area contributed by atoms with Crippen LogP contribution >= 0.6 is 0 Å². The fourth-order valence-corrected chi connectivity index (χ4v) is 2.29. The standard InChI is InChI=1S/C19H18N2O5/c1-3-24-17-10-13(11-22)4-9-16(17)25-12-18-20-21-19(26-18)14-5-7-15(23-2)8-6-14/h4-11H,3,12H2,1-2H3. The average molecular weight is 354 g/mol. The molecule has 3 aromatic rings. The molecule has 0 bridgehead atoms. The van der Waals surface area contributed by atoms with Crippen molar-refractivity contribution < 1.29 is 23.4 Å². The molecule has 1 aromatic heterocycles. The molecule has 0 atom stereocenters. The molecular formula is C19H18N2O5. The number of aldehydes is 1. The summed E-state index contributed by atoms with van der Waals surface area (Å²) in [6.07, 6.45) is 0.755. The van der Waals surface area contributed by atoms with E-state index in [2.05, 4.69) is 10.2 Å². The average Bonchev–Trinajstić information content (AvgIpc) is 3.16. The third-order valence-electron chi connectivity index (χ3n) is 3.56. The topological polar surface area (TPSA) is 83.7 Å². The maximum absolute atomic E-state index is 10.9. The number of rotatable bonds is 8. The van der Waals surface area contributed by atoms with Crippen LogP contribution in [0.5, 0.6) is 17.2 Å². The van der Waals surface area contributed by atoms with E-state index in [9.17, 15) is 4.79 Å². The first kappa shape index (κ1) is 17.5. The van der Waals surface area contributed by atoms with Gasteiger partial charge in [0.05, 0.1) is 13.7 Å². The van der Waals surface area contributed by atoms with Crippen LogP contribution in [0.4, 0.5) is 0 Å². The summed E-state index contributed by atoms with van der Waals surface area (Å²) in [5.74, 6) is 2.47. The molecule has 0 radical (unpaired) electrons. The molecule has 7 heteroatoms.